The van der Waals surface area contributed by atoms with Gasteiger partial charge in [-0.1, -0.05) is 83.1 Å². The van der Waals surface area contributed by atoms with Crippen LogP contribution in [0.2, 0.25) is 0 Å². The van der Waals surface area contributed by atoms with Gasteiger partial charge in [0.25, 0.3) is 6.47 Å². The van der Waals surface area contributed by atoms with Gasteiger partial charge < -0.3 is 69.4 Å². The maximum absolute atomic E-state index is 13.3. The molecule has 0 bridgehead atoms. The molecule has 0 aliphatic heterocycles. The van der Waals surface area contributed by atoms with Crippen molar-refractivity contribution in [2.24, 2.45) is 23.7 Å². The van der Waals surface area contributed by atoms with Gasteiger partial charge in [0, 0.05) is 86.3 Å². The predicted octanol–water partition coefficient (Wildman–Crippen LogP) is 2.03. The second-order valence-electron chi connectivity index (χ2n) is 25.4. The maximum Gasteiger partial charge on any atom is 0.373 e. The van der Waals surface area contributed by atoms with Crippen LogP contribution in [0.1, 0.15) is 165 Å². The van der Waals surface area contributed by atoms with E-state index in [0.29, 0.717) is 43.0 Å². The summed E-state index contributed by atoms with van der Waals surface area (Å²) < 4.78 is 11.3. The number of nitrogens with one attached hydrogen (secondary N) is 3. The van der Waals surface area contributed by atoms with Crippen LogP contribution in [0.5, 0.6) is 0 Å². The zero-order valence-corrected chi connectivity index (χ0v) is 63.1. The van der Waals surface area contributed by atoms with Crippen molar-refractivity contribution in [3.63, 3.8) is 0 Å². The molecule has 0 aliphatic rings. The highest BCUT2D eigenvalue weighted by Crippen LogP contribution is 2.22. The van der Waals surface area contributed by atoms with Crippen molar-refractivity contribution in [3.05, 3.63) is 72.9 Å². The van der Waals surface area contributed by atoms with E-state index in [2.05, 4.69) is 89.1 Å². The molecule has 600 valence electrons. The smallest absolute Gasteiger partial charge is 0.373 e. The van der Waals surface area contributed by atoms with Gasteiger partial charge >= 0.3 is 60.6 Å². The molecule has 4 aromatic rings. The summed E-state index contributed by atoms with van der Waals surface area (Å²) in [4.78, 5) is 229. The van der Waals surface area contributed by atoms with Crippen LogP contribution in [0.15, 0.2) is 49.6 Å². The minimum atomic E-state index is -1.61. The average molecular weight is 1530 g/mol. The zero-order valence-electron chi connectivity index (χ0n) is 63.1. The fourth-order valence-electron chi connectivity index (χ4n) is 9.61. The van der Waals surface area contributed by atoms with E-state index in [9.17, 15) is 63.0 Å². The fraction of sp³-hybridized carbons (Fsp3) is 0.588. The lowest BCUT2D eigenvalue weighted by Crippen LogP contribution is -2.55. The maximum atomic E-state index is 13.3. The molecule has 0 atom stereocenters. The highest BCUT2D eigenvalue weighted by atomic mass is 16.5. The van der Waals surface area contributed by atoms with Crippen molar-refractivity contribution < 1.29 is 131 Å². The van der Waals surface area contributed by atoms with E-state index < -0.39 is 97.0 Å². The topological polar surface area (TPSA) is 583 Å². The quantitative estimate of drug-likeness (QED) is 0.0235. The lowest BCUT2D eigenvalue weighted by atomic mass is 9.88. The summed E-state index contributed by atoms with van der Waals surface area (Å²) in [6, 6.07) is 0. The number of nitrogens with zero attached hydrogens (tertiary/aromatic N) is 10. The lowest BCUT2D eigenvalue weighted by Gasteiger charge is -2.32. The molecule has 8 N–H and O–H groups in total. The lowest BCUT2D eigenvalue weighted by molar-refractivity contribution is -0.193. The summed E-state index contributed by atoms with van der Waals surface area (Å²) in [5.41, 5.74) is -2.81. The Labute approximate surface area is 622 Å². The molecule has 0 aliphatic carbocycles. The summed E-state index contributed by atoms with van der Waals surface area (Å²) in [6.07, 6.45) is 18.8. The van der Waals surface area contributed by atoms with Gasteiger partial charge in [-0.3, -0.25) is 57.6 Å². The molecule has 5 amide bonds. The number of aromatic nitrogens is 8. The summed E-state index contributed by atoms with van der Waals surface area (Å²) in [5.74, 6) is -3.46. The predicted molar refractivity (Wildman–Crippen MR) is 366 cm³/mol. The Morgan fingerprint density at radius 2 is 0.704 bits per heavy atom. The van der Waals surface area contributed by atoms with Crippen LogP contribution in [-0.2, 0) is 157 Å². The van der Waals surface area contributed by atoms with E-state index in [4.69, 9.17) is 63.3 Å². The second-order valence-corrected chi connectivity index (χ2v) is 25.4. The Bertz CT molecular complexity index is 3460. The van der Waals surface area contributed by atoms with E-state index in [0.717, 1.165) is 59.4 Å². The monoisotopic (exact) mass is 1530 g/mol. The van der Waals surface area contributed by atoms with Crippen LogP contribution in [0.25, 0.3) is 0 Å². The van der Waals surface area contributed by atoms with Crippen LogP contribution < -0.4 is 16.0 Å². The molecule has 4 heterocycles. The van der Waals surface area contributed by atoms with Crippen LogP contribution in [-0.4, -0.2) is 213 Å². The first-order valence-corrected chi connectivity index (χ1v) is 33.1. The number of aliphatic carboxylic acids is 5. The van der Waals surface area contributed by atoms with Crippen LogP contribution >= 0.6 is 0 Å². The summed E-state index contributed by atoms with van der Waals surface area (Å²) in [5, 5.41) is 53.2. The van der Waals surface area contributed by atoms with Gasteiger partial charge in [0.1, 0.15) is 69.1 Å². The van der Waals surface area contributed by atoms with E-state index >= 15 is 0 Å². The van der Waals surface area contributed by atoms with Gasteiger partial charge in [0.05, 0.1) is 24.8 Å². The summed E-state index contributed by atoms with van der Waals surface area (Å²) in [6.45, 7) is 25.5. The average Bonchev–Trinajstić information content (AvgIpc) is 1.21. The molecule has 0 fully saturated rings. The number of amides is 5. The Hall–Kier alpha value is -12.1. The Kier molecular flexibility index (Phi) is 57.3. The Morgan fingerprint density at radius 3 is 0.981 bits per heavy atom. The first-order chi connectivity index (χ1) is 50.5. The standard InChI is InChI=1S/C25H39N5O9.C16H29N3O.C13H19N3O5.C9H14N2O2.5CO2/c1-6-25(11-22(36)37,12-23(38)39)28-19(32)14-30(13-18(31)27-24(4,5)10-21(34)35)20(33)15-29-8-7-26-17(29)9-16(2)3;1-6-16(7-2,8-3)18-15(20)12-19-10-9-17-14(19)11-13(4)5;1-10(2)5-11-14-3-4-15(11)6-12(18)16(7-13(19)20)8-21-9-17;1-7(2)5-8-10-3-4-11(8)6-9(12)13;5*2-1-3/h7-8,16H,6,9-15H2,1-5H3,(H,27,31)(H,28,32)(H,34,35)(H,36,37)(H,38,39);9-10,13H,6-8,11-12H2,1-5H3,(H,18,20);3-4,9-10H,5-8H2,1-2H3,(H,19,20);3-4,7H,5-6H2,1-2H3,(H,12,13);;;;;. The van der Waals surface area contributed by atoms with Crippen LogP contribution in [0, 0.1) is 23.7 Å². The van der Waals surface area contributed by atoms with E-state index in [-0.39, 0.29) is 93.8 Å². The number of hydrogen-bond donors (Lipinski definition) is 8. The second kappa shape index (κ2) is 59.2. The molecule has 0 saturated heterocycles. The molecular weight excluding hydrogens is 1430 g/mol. The number of rotatable bonds is 38. The zero-order chi connectivity index (χ0) is 84.3. The van der Waals surface area contributed by atoms with Crippen LogP contribution in [0.3, 0.4) is 0 Å². The minimum Gasteiger partial charge on any atom is -0.481 e. The first kappa shape index (κ1) is 105. The van der Waals surface area contributed by atoms with Gasteiger partial charge in [-0.2, -0.15) is 47.9 Å². The van der Waals surface area contributed by atoms with Gasteiger partial charge in [0.2, 0.25) is 29.5 Å². The number of carbonyl (C=O) groups excluding carboxylic acids is 16. The van der Waals surface area contributed by atoms with Crippen LogP contribution in [0.4, 0.5) is 0 Å². The highest BCUT2D eigenvalue weighted by Gasteiger charge is 2.37. The van der Waals surface area contributed by atoms with Crippen molar-refractivity contribution in [2.75, 3.05) is 26.4 Å². The molecular formula is C68H101N13O27. The molecule has 0 unspecified atom stereocenters. The molecule has 0 radical (unpaired) electrons. The molecule has 0 saturated carbocycles. The first-order valence-electron chi connectivity index (χ1n) is 33.1. The number of carboxylic acid groups (broad SMARTS) is 5. The number of carbonyl (C=O) groups is 11. The highest BCUT2D eigenvalue weighted by molar-refractivity contribution is 5.90. The summed E-state index contributed by atoms with van der Waals surface area (Å²) in [7, 11) is 0. The van der Waals surface area contributed by atoms with Crippen molar-refractivity contribution in [2.45, 2.75) is 210 Å². The van der Waals surface area contributed by atoms with Crippen molar-refractivity contribution in [3.8, 4) is 0 Å². The number of ether oxygens (including phenoxy) is 1. The van der Waals surface area contributed by atoms with Gasteiger partial charge in [0.15, 0.2) is 6.73 Å². The Morgan fingerprint density at radius 1 is 0.417 bits per heavy atom. The molecule has 40 heteroatoms. The normalized spacial score (nSPS) is 10.1. The van der Waals surface area contributed by atoms with E-state index in [1.54, 1.807) is 50.9 Å². The minimum absolute atomic E-state index is 0.00204. The number of carboxylic acids is 5. The third-order valence-electron chi connectivity index (χ3n) is 14.4. The molecule has 40 nitrogen and oxygen atoms in total. The third-order valence-corrected chi connectivity index (χ3v) is 14.4. The SMILES string of the molecule is CC(C)Cc1nccn1CC(=O)N(COC=O)CC(=O)O.CC(C)Cc1nccn1CC(=O)O.CCC(CC(=O)O)(CC(=O)O)NC(=O)CN(CC(=O)NC(C)(C)CC(=O)O)C(=O)Cn1ccnc1CC(C)C.CCC(CC)(CC)NC(=O)Cn1ccnc1CC(C)C.O=C=O.O=C=O.O=C=O.O=C=O.O=C=O. The third kappa shape index (κ3) is 51.1. The van der Waals surface area contributed by atoms with Gasteiger partial charge in [-0.25, -0.2) is 19.9 Å². The van der Waals surface area contributed by atoms with Gasteiger partial charge in [-0.05, 0) is 63.2 Å². The van der Waals surface area contributed by atoms with Crippen molar-refractivity contribution in [1.82, 2.24) is 64.0 Å². The van der Waals surface area contributed by atoms with Gasteiger partial charge in [-0.15, -0.1) is 0 Å². The largest absolute Gasteiger partial charge is 0.481 e. The number of hydrogen-bond acceptors (Lipinski definition) is 26. The van der Waals surface area contributed by atoms with E-state index in [1.807, 2.05) is 38.5 Å². The number of imidazole rings is 4. The Balaban J connectivity index is -0.000000435. The molecule has 0 spiro atoms. The molecule has 4 rings (SSSR count). The van der Waals surface area contributed by atoms with Crippen molar-refractivity contribution >= 4 is 96.6 Å². The molecule has 0 aromatic carbocycles. The van der Waals surface area contributed by atoms with Crippen molar-refractivity contribution in [1.29, 1.82) is 0 Å². The summed E-state index contributed by atoms with van der Waals surface area (Å²) >= 11 is 0. The fourth-order valence-corrected chi connectivity index (χ4v) is 9.61. The molecule has 4 aromatic heterocycles. The molecule has 108 heavy (non-hydrogen) atoms. The van der Waals surface area contributed by atoms with E-state index in [1.165, 1.54) is 27.0 Å².